The molecule has 0 bridgehead atoms. The zero-order chi connectivity index (χ0) is 15.3. The van der Waals surface area contributed by atoms with E-state index in [0.717, 1.165) is 5.56 Å². The summed E-state index contributed by atoms with van der Waals surface area (Å²) in [7, 11) is 0. The molecule has 110 valence electrons. The monoisotopic (exact) mass is 277 g/mol. The van der Waals surface area contributed by atoms with E-state index in [-0.39, 0.29) is 30.5 Å². The van der Waals surface area contributed by atoms with Gasteiger partial charge < -0.3 is 16.4 Å². The van der Waals surface area contributed by atoms with Crippen LogP contribution < -0.4 is 11.5 Å². The van der Waals surface area contributed by atoms with Gasteiger partial charge in [0.05, 0.1) is 18.5 Å². The van der Waals surface area contributed by atoms with Gasteiger partial charge in [0.25, 0.3) is 0 Å². The average Bonchev–Trinajstić information content (AvgIpc) is 2.43. The first-order valence-electron chi connectivity index (χ1n) is 6.74. The van der Waals surface area contributed by atoms with Crippen LogP contribution in [-0.2, 0) is 9.59 Å². The van der Waals surface area contributed by atoms with Crippen LogP contribution in [0.2, 0.25) is 0 Å². The van der Waals surface area contributed by atoms with E-state index in [9.17, 15) is 9.59 Å². The predicted molar refractivity (Wildman–Crippen MR) is 78.6 cm³/mol. The molecule has 4 N–H and O–H groups in total. The van der Waals surface area contributed by atoms with Gasteiger partial charge in [-0.1, -0.05) is 37.3 Å². The molecule has 0 saturated heterocycles. The number of hydrogen-bond donors (Lipinski definition) is 2. The number of carbonyl (C=O) groups excluding carboxylic acids is 2. The second kappa shape index (κ2) is 7.05. The van der Waals surface area contributed by atoms with Gasteiger partial charge in [-0.05, 0) is 19.4 Å². The van der Waals surface area contributed by atoms with E-state index in [1.165, 1.54) is 4.90 Å². The quantitative estimate of drug-likeness (QED) is 0.814. The molecule has 3 atom stereocenters. The van der Waals surface area contributed by atoms with Crippen molar-refractivity contribution in [3.05, 3.63) is 35.9 Å². The predicted octanol–water partition coefficient (Wildman–Crippen LogP) is 1.04. The third-order valence-corrected chi connectivity index (χ3v) is 3.54. The molecule has 2 unspecified atom stereocenters. The van der Waals surface area contributed by atoms with Crippen LogP contribution in [0.4, 0.5) is 0 Å². The second-order valence-electron chi connectivity index (χ2n) is 5.17. The van der Waals surface area contributed by atoms with Gasteiger partial charge in [-0.2, -0.15) is 0 Å². The Kier molecular flexibility index (Phi) is 5.70. The van der Waals surface area contributed by atoms with Crippen molar-refractivity contribution in [2.45, 2.75) is 32.9 Å². The summed E-state index contributed by atoms with van der Waals surface area (Å²) in [6.07, 6.45) is 0. The normalized spacial score (nSPS) is 15.2. The number of nitrogens with zero attached hydrogens (tertiary/aromatic N) is 1. The number of amides is 2. The first-order chi connectivity index (χ1) is 9.34. The SMILES string of the molecule is CC(N)C(C)C(=O)N(CC(N)=O)[C@H](C)c1ccccc1. The summed E-state index contributed by atoms with van der Waals surface area (Å²) in [5.41, 5.74) is 12.0. The van der Waals surface area contributed by atoms with Gasteiger partial charge in [0.2, 0.25) is 11.8 Å². The highest BCUT2D eigenvalue weighted by molar-refractivity contribution is 5.85. The smallest absolute Gasteiger partial charge is 0.237 e. The minimum atomic E-state index is -0.530. The molecule has 0 fully saturated rings. The van der Waals surface area contributed by atoms with Gasteiger partial charge in [0, 0.05) is 6.04 Å². The molecule has 0 radical (unpaired) electrons. The minimum absolute atomic E-state index is 0.105. The van der Waals surface area contributed by atoms with Gasteiger partial charge in [-0.3, -0.25) is 9.59 Å². The van der Waals surface area contributed by atoms with Crippen LogP contribution in [0.1, 0.15) is 32.4 Å². The minimum Gasteiger partial charge on any atom is -0.368 e. The summed E-state index contributed by atoms with van der Waals surface area (Å²) in [4.78, 5) is 25.2. The highest BCUT2D eigenvalue weighted by atomic mass is 16.2. The molecule has 0 spiro atoms. The van der Waals surface area contributed by atoms with Crippen molar-refractivity contribution in [1.82, 2.24) is 4.90 Å². The first-order valence-corrected chi connectivity index (χ1v) is 6.74. The van der Waals surface area contributed by atoms with Crippen molar-refractivity contribution in [1.29, 1.82) is 0 Å². The Morgan fingerprint density at radius 1 is 1.15 bits per heavy atom. The van der Waals surface area contributed by atoms with Gasteiger partial charge in [0.15, 0.2) is 0 Å². The molecule has 5 nitrogen and oxygen atoms in total. The third-order valence-electron chi connectivity index (χ3n) is 3.54. The molecular formula is C15H23N3O2. The number of benzene rings is 1. The van der Waals surface area contributed by atoms with Crippen molar-refractivity contribution in [3.8, 4) is 0 Å². The maximum absolute atomic E-state index is 12.5. The summed E-state index contributed by atoms with van der Waals surface area (Å²) < 4.78 is 0. The lowest BCUT2D eigenvalue weighted by Gasteiger charge is -2.32. The Hall–Kier alpha value is -1.88. The summed E-state index contributed by atoms with van der Waals surface area (Å²) >= 11 is 0. The first kappa shape index (κ1) is 16.2. The van der Waals surface area contributed by atoms with Crippen LogP contribution in [0.15, 0.2) is 30.3 Å². The van der Waals surface area contributed by atoms with E-state index in [2.05, 4.69) is 0 Å². The fourth-order valence-electron chi connectivity index (χ4n) is 1.97. The summed E-state index contributed by atoms with van der Waals surface area (Å²) in [5, 5.41) is 0. The second-order valence-corrected chi connectivity index (χ2v) is 5.17. The van der Waals surface area contributed by atoms with Crippen molar-refractivity contribution < 1.29 is 9.59 Å². The zero-order valence-electron chi connectivity index (χ0n) is 12.2. The van der Waals surface area contributed by atoms with Crippen LogP contribution in [0.5, 0.6) is 0 Å². The van der Waals surface area contributed by atoms with Crippen molar-refractivity contribution in [3.63, 3.8) is 0 Å². The third kappa shape index (κ3) is 4.06. The molecule has 1 aromatic carbocycles. The van der Waals surface area contributed by atoms with Gasteiger partial charge >= 0.3 is 0 Å². The van der Waals surface area contributed by atoms with Crippen molar-refractivity contribution >= 4 is 11.8 Å². The molecule has 5 heteroatoms. The van der Waals surface area contributed by atoms with Crippen LogP contribution in [0.3, 0.4) is 0 Å². The molecule has 0 aromatic heterocycles. The lowest BCUT2D eigenvalue weighted by molar-refractivity contribution is -0.141. The van der Waals surface area contributed by atoms with Gasteiger partial charge in [-0.25, -0.2) is 0 Å². The van der Waals surface area contributed by atoms with Gasteiger partial charge in [0.1, 0.15) is 0 Å². The molecule has 0 aliphatic heterocycles. The molecule has 1 rings (SSSR count). The number of carbonyl (C=O) groups is 2. The van der Waals surface area contributed by atoms with Gasteiger partial charge in [-0.15, -0.1) is 0 Å². The number of nitrogens with two attached hydrogens (primary N) is 2. The largest absolute Gasteiger partial charge is 0.368 e. The molecule has 0 saturated carbocycles. The van der Waals surface area contributed by atoms with E-state index >= 15 is 0 Å². The number of primary amides is 1. The molecule has 2 amide bonds. The maximum Gasteiger partial charge on any atom is 0.237 e. The molecule has 0 aliphatic rings. The standard InChI is InChI=1S/C15H23N3O2/c1-10(11(2)16)15(20)18(9-14(17)19)12(3)13-7-5-4-6-8-13/h4-8,10-12H,9,16H2,1-3H3,(H2,17,19)/t10?,11?,12-/m1/s1. The summed E-state index contributed by atoms with van der Waals surface area (Å²) in [6, 6.07) is 9.03. The number of hydrogen-bond acceptors (Lipinski definition) is 3. The summed E-state index contributed by atoms with van der Waals surface area (Å²) in [5.74, 6) is -1.05. The Morgan fingerprint density at radius 2 is 1.70 bits per heavy atom. The van der Waals surface area contributed by atoms with Crippen LogP contribution in [0.25, 0.3) is 0 Å². The number of rotatable bonds is 6. The van der Waals surface area contributed by atoms with E-state index in [1.54, 1.807) is 13.8 Å². The van der Waals surface area contributed by atoms with E-state index in [0.29, 0.717) is 0 Å². The van der Waals surface area contributed by atoms with Crippen LogP contribution >= 0.6 is 0 Å². The molecule has 0 aliphatic carbocycles. The Labute approximate surface area is 119 Å². The molecular weight excluding hydrogens is 254 g/mol. The van der Waals surface area contributed by atoms with E-state index < -0.39 is 5.91 Å². The Balaban J connectivity index is 3.00. The highest BCUT2D eigenvalue weighted by Gasteiger charge is 2.28. The lowest BCUT2D eigenvalue weighted by Crippen LogP contribution is -2.46. The highest BCUT2D eigenvalue weighted by Crippen LogP contribution is 2.22. The van der Waals surface area contributed by atoms with E-state index in [4.69, 9.17) is 11.5 Å². The van der Waals surface area contributed by atoms with Crippen molar-refractivity contribution in [2.75, 3.05) is 6.54 Å². The van der Waals surface area contributed by atoms with E-state index in [1.807, 2.05) is 37.3 Å². The summed E-state index contributed by atoms with van der Waals surface area (Å²) in [6.45, 7) is 5.31. The fraction of sp³-hybridized carbons (Fsp3) is 0.467. The fourth-order valence-corrected chi connectivity index (χ4v) is 1.97. The molecule has 0 heterocycles. The maximum atomic E-state index is 12.5. The molecule has 20 heavy (non-hydrogen) atoms. The Bertz CT molecular complexity index is 459. The van der Waals surface area contributed by atoms with Crippen LogP contribution in [0, 0.1) is 5.92 Å². The van der Waals surface area contributed by atoms with Crippen molar-refractivity contribution in [2.24, 2.45) is 17.4 Å². The average molecular weight is 277 g/mol. The molecule has 1 aromatic rings. The Morgan fingerprint density at radius 3 is 2.15 bits per heavy atom. The lowest BCUT2D eigenvalue weighted by atomic mass is 10.00. The zero-order valence-corrected chi connectivity index (χ0v) is 12.2. The van der Waals surface area contributed by atoms with Crippen LogP contribution in [-0.4, -0.2) is 29.3 Å². The topological polar surface area (TPSA) is 89.4 Å².